The highest BCUT2D eigenvalue weighted by Gasteiger charge is 2.34. The molecule has 1 aromatic rings. The number of hydrogen-bond acceptors (Lipinski definition) is 2. The van der Waals surface area contributed by atoms with Crippen molar-refractivity contribution in [2.24, 2.45) is 0 Å². The molecular formula is C12H15ClF3NO2S. The van der Waals surface area contributed by atoms with E-state index in [1.807, 2.05) is 0 Å². The van der Waals surface area contributed by atoms with Crippen molar-refractivity contribution in [2.75, 3.05) is 19.5 Å². The quantitative estimate of drug-likeness (QED) is 0.752. The van der Waals surface area contributed by atoms with Gasteiger partial charge in [-0.2, -0.15) is 17.5 Å². The first-order valence-corrected chi connectivity index (χ1v) is 7.82. The zero-order valence-corrected chi connectivity index (χ0v) is 12.4. The molecule has 0 aliphatic rings. The van der Waals surface area contributed by atoms with Crippen LogP contribution in [0.25, 0.3) is 0 Å². The summed E-state index contributed by atoms with van der Waals surface area (Å²) < 4.78 is 60.9. The Labute approximate surface area is 121 Å². The highest BCUT2D eigenvalue weighted by molar-refractivity contribution is 7.89. The van der Waals surface area contributed by atoms with Crippen LogP contribution >= 0.6 is 11.6 Å². The summed E-state index contributed by atoms with van der Waals surface area (Å²) in [6.07, 6.45) is -3.12. The zero-order chi connectivity index (χ0) is 15.4. The standard InChI is InChI=1S/C12H15ClF3NO2S/c1-17(9-12(14,15)16)20(18,19)11-6-4-10(5-7-11)3-2-8-13/h4-7H,2-3,8-9H2,1H3. The van der Waals surface area contributed by atoms with Crippen molar-refractivity contribution in [3.05, 3.63) is 29.8 Å². The van der Waals surface area contributed by atoms with Crippen LogP contribution in [0.1, 0.15) is 12.0 Å². The minimum absolute atomic E-state index is 0.154. The molecular weight excluding hydrogens is 315 g/mol. The molecule has 0 aromatic heterocycles. The van der Waals surface area contributed by atoms with Gasteiger partial charge in [-0.25, -0.2) is 8.42 Å². The third-order valence-corrected chi connectivity index (χ3v) is 4.72. The van der Waals surface area contributed by atoms with Crippen LogP contribution < -0.4 is 0 Å². The Morgan fingerprint density at radius 1 is 1.20 bits per heavy atom. The molecule has 0 spiro atoms. The molecule has 0 radical (unpaired) electrons. The van der Waals surface area contributed by atoms with E-state index in [4.69, 9.17) is 11.6 Å². The number of benzene rings is 1. The summed E-state index contributed by atoms with van der Waals surface area (Å²) in [5.41, 5.74) is 0.892. The van der Waals surface area contributed by atoms with Gasteiger partial charge in [-0.3, -0.25) is 0 Å². The van der Waals surface area contributed by atoms with E-state index in [0.717, 1.165) is 19.0 Å². The van der Waals surface area contributed by atoms with Gasteiger partial charge in [-0.05, 0) is 30.5 Å². The second kappa shape index (κ2) is 6.78. The van der Waals surface area contributed by atoms with E-state index in [1.165, 1.54) is 12.1 Å². The van der Waals surface area contributed by atoms with Crippen LogP contribution in [-0.4, -0.2) is 38.4 Å². The van der Waals surface area contributed by atoms with Gasteiger partial charge in [-0.15, -0.1) is 11.6 Å². The van der Waals surface area contributed by atoms with Gasteiger partial charge in [0.25, 0.3) is 0 Å². The molecule has 0 bridgehead atoms. The van der Waals surface area contributed by atoms with E-state index < -0.39 is 22.7 Å². The lowest BCUT2D eigenvalue weighted by Gasteiger charge is -2.18. The maximum absolute atomic E-state index is 12.2. The highest BCUT2D eigenvalue weighted by Crippen LogP contribution is 2.21. The Kier molecular flexibility index (Phi) is 5.85. The molecule has 1 aromatic carbocycles. The second-order valence-electron chi connectivity index (χ2n) is 4.31. The van der Waals surface area contributed by atoms with Gasteiger partial charge >= 0.3 is 6.18 Å². The second-order valence-corrected chi connectivity index (χ2v) is 6.74. The first kappa shape index (κ1) is 17.3. The van der Waals surface area contributed by atoms with Gasteiger partial charge in [0, 0.05) is 12.9 Å². The van der Waals surface area contributed by atoms with Crippen molar-refractivity contribution in [1.82, 2.24) is 4.31 Å². The number of sulfonamides is 1. The molecule has 0 fully saturated rings. The molecule has 1 rings (SSSR count). The summed E-state index contributed by atoms with van der Waals surface area (Å²) >= 11 is 5.55. The minimum Gasteiger partial charge on any atom is -0.207 e. The van der Waals surface area contributed by atoms with Crippen LogP contribution in [0.4, 0.5) is 13.2 Å². The van der Waals surface area contributed by atoms with E-state index in [-0.39, 0.29) is 4.90 Å². The fourth-order valence-corrected chi connectivity index (χ4v) is 2.91. The Hall–Kier alpha value is -0.790. The smallest absolute Gasteiger partial charge is 0.207 e. The summed E-state index contributed by atoms with van der Waals surface area (Å²) in [5, 5.41) is 0. The lowest BCUT2D eigenvalue weighted by Crippen LogP contribution is -2.35. The summed E-state index contributed by atoms with van der Waals surface area (Å²) in [6, 6.07) is 5.79. The number of halogens is 4. The fourth-order valence-electron chi connectivity index (χ4n) is 1.62. The van der Waals surface area contributed by atoms with Gasteiger partial charge in [0.1, 0.15) is 6.54 Å². The molecule has 0 unspecified atom stereocenters. The number of hydrogen-bond donors (Lipinski definition) is 0. The van der Waals surface area contributed by atoms with E-state index in [2.05, 4.69) is 0 Å². The average molecular weight is 330 g/mol. The predicted octanol–water partition coefficient (Wildman–Crippen LogP) is 3.04. The van der Waals surface area contributed by atoms with Crippen molar-refractivity contribution in [3.63, 3.8) is 0 Å². The Morgan fingerprint density at radius 3 is 2.20 bits per heavy atom. The Balaban J connectivity index is 2.87. The normalized spacial score (nSPS) is 12.9. The van der Waals surface area contributed by atoms with Crippen LogP contribution in [-0.2, 0) is 16.4 Å². The SMILES string of the molecule is CN(CC(F)(F)F)S(=O)(=O)c1ccc(CCCCl)cc1. The molecule has 0 atom stereocenters. The fraction of sp³-hybridized carbons (Fsp3) is 0.500. The molecule has 8 heteroatoms. The van der Waals surface area contributed by atoms with Crippen molar-refractivity contribution in [1.29, 1.82) is 0 Å². The minimum atomic E-state index is -4.57. The largest absolute Gasteiger partial charge is 0.402 e. The Bertz CT molecular complexity index is 529. The summed E-state index contributed by atoms with van der Waals surface area (Å²) in [7, 11) is -3.22. The number of aryl methyl sites for hydroxylation is 1. The summed E-state index contributed by atoms with van der Waals surface area (Å²) in [4.78, 5) is -0.154. The molecule has 0 aliphatic heterocycles. The van der Waals surface area contributed by atoms with Gasteiger partial charge in [0.2, 0.25) is 10.0 Å². The van der Waals surface area contributed by atoms with Crippen molar-refractivity contribution in [3.8, 4) is 0 Å². The molecule has 3 nitrogen and oxygen atoms in total. The predicted molar refractivity (Wildman–Crippen MR) is 71.4 cm³/mol. The molecule has 114 valence electrons. The van der Waals surface area contributed by atoms with Gasteiger partial charge in [-0.1, -0.05) is 12.1 Å². The van der Waals surface area contributed by atoms with Crippen LogP contribution in [0.3, 0.4) is 0 Å². The zero-order valence-electron chi connectivity index (χ0n) is 10.8. The topological polar surface area (TPSA) is 37.4 Å². The van der Waals surface area contributed by atoms with E-state index in [1.54, 1.807) is 12.1 Å². The summed E-state index contributed by atoms with van der Waals surface area (Å²) in [5.74, 6) is 0.494. The van der Waals surface area contributed by atoms with Crippen molar-refractivity contribution in [2.45, 2.75) is 23.9 Å². The Morgan fingerprint density at radius 2 is 1.75 bits per heavy atom. The van der Waals surface area contributed by atoms with Crippen molar-refractivity contribution >= 4 is 21.6 Å². The van der Waals surface area contributed by atoms with E-state index in [9.17, 15) is 21.6 Å². The van der Waals surface area contributed by atoms with Gasteiger partial charge in [0.05, 0.1) is 4.90 Å². The molecule has 0 amide bonds. The number of nitrogens with zero attached hydrogens (tertiary/aromatic N) is 1. The van der Waals surface area contributed by atoms with E-state index >= 15 is 0 Å². The third kappa shape index (κ3) is 4.96. The molecule has 0 heterocycles. The lowest BCUT2D eigenvalue weighted by atomic mass is 10.1. The molecule has 0 saturated heterocycles. The highest BCUT2D eigenvalue weighted by atomic mass is 35.5. The molecule has 20 heavy (non-hydrogen) atoms. The van der Waals surface area contributed by atoms with Crippen LogP contribution in [0.2, 0.25) is 0 Å². The maximum Gasteiger partial charge on any atom is 0.402 e. The van der Waals surface area contributed by atoms with Crippen LogP contribution in [0.15, 0.2) is 29.2 Å². The molecule has 0 N–H and O–H groups in total. The third-order valence-electron chi connectivity index (χ3n) is 2.63. The van der Waals surface area contributed by atoms with Crippen molar-refractivity contribution < 1.29 is 21.6 Å². The maximum atomic E-state index is 12.2. The summed E-state index contributed by atoms with van der Waals surface area (Å²) in [6.45, 7) is -1.51. The van der Waals surface area contributed by atoms with Crippen LogP contribution in [0, 0.1) is 0 Å². The lowest BCUT2D eigenvalue weighted by molar-refractivity contribution is -0.134. The number of alkyl halides is 4. The van der Waals surface area contributed by atoms with E-state index in [0.29, 0.717) is 16.6 Å². The van der Waals surface area contributed by atoms with Gasteiger partial charge in [0.15, 0.2) is 0 Å². The number of rotatable bonds is 6. The molecule has 0 saturated carbocycles. The van der Waals surface area contributed by atoms with Gasteiger partial charge < -0.3 is 0 Å². The first-order valence-electron chi connectivity index (χ1n) is 5.85. The first-order chi connectivity index (χ1) is 9.16. The monoisotopic (exact) mass is 329 g/mol. The molecule has 0 aliphatic carbocycles. The average Bonchev–Trinajstić information content (AvgIpc) is 2.34. The van der Waals surface area contributed by atoms with Crippen LogP contribution in [0.5, 0.6) is 0 Å².